The first-order valence-electron chi connectivity index (χ1n) is 6.03. The van der Waals surface area contributed by atoms with Gasteiger partial charge in [0.2, 0.25) is 0 Å². The minimum atomic E-state index is -0.635. The molecule has 0 saturated carbocycles. The van der Waals surface area contributed by atoms with Gasteiger partial charge in [-0.25, -0.2) is 0 Å². The molecule has 4 heteroatoms. The lowest BCUT2D eigenvalue weighted by molar-refractivity contribution is 0.177. The summed E-state index contributed by atoms with van der Waals surface area (Å²) in [6.07, 6.45) is -0.214. The number of nitrogens with zero attached hydrogens (tertiary/aromatic N) is 1. The molecule has 0 saturated heterocycles. The Morgan fingerprint density at radius 2 is 1.89 bits per heavy atom. The van der Waals surface area contributed by atoms with Crippen LogP contribution in [0.15, 0.2) is 30.3 Å². The third kappa shape index (κ3) is 3.47. The van der Waals surface area contributed by atoms with E-state index < -0.39 is 6.10 Å². The molecule has 1 N–H and O–H groups in total. The average Bonchev–Trinajstić information content (AvgIpc) is 2.33. The van der Waals surface area contributed by atoms with Crippen LogP contribution in [0.3, 0.4) is 0 Å². The van der Waals surface area contributed by atoms with Crippen LogP contribution in [0.25, 0.3) is 0 Å². The predicted octanol–water partition coefficient (Wildman–Crippen LogP) is 4.28. The fourth-order valence-corrected chi connectivity index (χ4v) is 2.46. The number of benzene rings is 1. The molecule has 1 aromatic carbocycles. The molecule has 1 atom stereocenters. The molecule has 0 bridgehead atoms. The lowest BCUT2D eigenvalue weighted by Gasteiger charge is -2.14. The highest BCUT2D eigenvalue weighted by molar-refractivity contribution is 6.33. The molecular formula is C15H15Cl2NO. The van der Waals surface area contributed by atoms with E-state index in [0.29, 0.717) is 16.5 Å². The second kappa shape index (κ2) is 5.91. The quantitative estimate of drug-likeness (QED) is 0.917. The number of pyridine rings is 1. The summed E-state index contributed by atoms with van der Waals surface area (Å²) in [6.45, 7) is 3.82. The van der Waals surface area contributed by atoms with Crippen LogP contribution in [0.4, 0.5) is 0 Å². The molecule has 0 fully saturated rings. The van der Waals surface area contributed by atoms with Gasteiger partial charge in [-0.1, -0.05) is 29.3 Å². The van der Waals surface area contributed by atoms with E-state index in [2.05, 4.69) is 4.98 Å². The van der Waals surface area contributed by atoms with Crippen molar-refractivity contribution < 1.29 is 5.11 Å². The average molecular weight is 296 g/mol. The highest BCUT2D eigenvalue weighted by atomic mass is 35.5. The molecule has 2 aromatic rings. The van der Waals surface area contributed by atoms with Crippen LogP contribution in [-0.2, 0) is 6.42 Å². The van der Waals surface area contributed by atoms with Gasteiger partial charge in [0.1, 0.15) is 0 Å². The van der Waals surface area contributed by atoms with Crippen molar-refractivity contribution in [1.82, 2.24) is 4.98 Å². The van der Waals surface area contributed by atoms with Crippen molar-refractivity contribution in [3.05, 3.63) is 62.9 Å². The molecule has 0 radical (unpaired) electrons. The molecule has 0 aliphatic carbocycles. The van der Waals surface area contributed by atoms with E-state index in [1.54, 1.807) is 18.2 Å². The Hall–Kier alpha value is -1.09. The number of rotatable bonds is 3. The smallest absolute Gasteiger partial charge is 0.0848 e. The molecule has 0 aliphatic heterocycles. The second-order valence-corrected chi connectivity index (χ2v) is 5.43. The van der Waals surface area contributed by atoms with E-state index in [1.807, 2.05) is 26.0 Å². The van der Waals surface area contributed by atoms with Crippen LogP contribution in [-0.4, -0.2) is 10.1 Å². The minimum absolute atomic E-state index is 0.422. The van der Waals surface area contributed by atoms with Gasteiger partial charge in [-0.3, -0.25) is 4.98 Å². The summed E-state index contributed by atoms with van der Waals surface area (Å²) in [5.74, 6) is 0. The topological polar surface area (TPSA) is 33.1 Å². The lowest BCUT2D eigenvalue weighted by Crippen LogP contribution is -2.06. The SMILES string of the molecule is Cc1ccc(C(O)Cc2cc(Cl)ccc2Cl)c(C)n1. The summed E-state index contributed by atoms with van der Waals surface area (Å²) in [4.78, 5) is 4.36. The monoisotopic (exact) mass is 295 g/mol. The van der Waals surface area contributed by atoms with Crippen molar-refractivity contribution in [1.29, 1.82) is 0 Å². The fourth-order valence-electron chi connectivity index (χ4n) is 2.07. The van der Waals surface area contributed by atoms with Crippen molar-refractivity contribution in [3.8, 4) is 0 Å². The number of hydrogen-bond acceptors (Lipinski definition) is 2. The summed E-state index contributed by atoms with van der Waals surface area (Å²) < 4.78 is 0. The summed E-state index contributed by atoms with van der Waals surface area (Å²) in [5, 5.41) is 11.5. The summed E-state index contributed by atoms with van der Waals surface area (Å²) >= 11 is 12.1. The maximum atomic E-state index is 10.3. The van der Waals surface area contributed by atoms with Gasteiger partial charge in [-0.2, -0.15) is 0 Å². The Balaban J connectivity index is 2.25. The van der Waals surface area contributed by atoms with Gasteiger partial charge < -0.3 is 5.11 Å². The van der Waals surface area contributed by atoms with E-state index >= 15 is 0 Å². The molecule has 1 heterocycles. The van der Waals surface area contributed by atoms with Gasteiger partial charge in [-0.15, -0.1) is 0 Å². The van der Waals surface area contributed by atoms with E-state index in [0.717, 1.165) is 22.5 Å². The number of aromatic nitrogens is 1. The Morgan fingerprint density at radius 1 is 1.16 bits per heavy atom. The Labute approximate surface area is 123 Å². The number of halogens is 2. The van der Waals surface area contributed by atoms with Crippen molar-refractivity contribution in [2.24, 2.45) is 0 Å². The molecule has 19 heavy (non-hydrogen) atoms. The highest BCUT2D eigenvalue weighted by Crippen LogP contribution is 2.27. The molecule has 1 aromatic heterocycles. The van der Waals surface area contributed by atoms with Gasteiger partial charge in [0.25, 0.3) is 0 Å². The standard InChI is InChI=1S/C15H15Cl2NO/c1-9-3-5-13(10(2)18-9)15(19)8-11-7-12(16)4-6-14(11)17/h3-7,15,19H,8H2,1-2H3. The lowest BCUT2D eigenvalue weighted by atomic mass is 10.00. The Kier molecular flexibility index (Phi) is 4.46. The number of aliphatic hydroxyl groups is 1. The Morgan fingerprint density at radius 3 is 2.58 bits per heavy atom. The summed E-state index contributed by atoms with van der Waals surface area (Å²) in [7, 11) is 0. The zero-order chi connectivity index (χ0) is 14.0. The number of aliphatic hydroxyl groups excluding tert-OH is 1. The van der Waals surface area contributed by atoms with Crippen LogP contribution in [0.5, 0.6) is 0 Å². The van der Waals surface area contributed by atoms with E-state index in [4.69, 9.17) is 23.2 Å². The first-order chi connectivity index (χ1) is 8.97. The predicted molar refractivity (Wildman–Crippen MR) is 78.8 cm³/mol. The van der Waals surface area contributed by atoms with E-state index in [-0.39, 0.29) is 0 Å². The zero-order valence-corrected chi connectivity index (χ0v) is 12.3. The molecule has 2 nitrogen and oxygen atoms in total. The summed E-state index contributed by atoms with van der Waals surface area (Å²) in [6, 6.07) is 9.06. The molecule has 2 rings (SSSR count). The van der Waals surface area contributed by atoms with Gasteiger partial charge in [0, 0.05) is 33.4 Å². The van der Waals surface area contributed by atoms with Gasteiger partial charge in [0.05, 0.1) is 6.10 Å². The van der Waals surface area contributed by atoms with Gasteiger partial charge in [0.15, 0.2) is 0 Å². The van der Waals surface area contributed by atoms with E-state index in [1.165, 1.54) is 0 Å². The zero-order valence-electron chi connectivity index (χ0n) is 10.8. The number of hydrogen-bond donors (Lipinski definition) is 1. The first-order valence-corrected chi connectivity index (χ1v) is 6.79. The van der Waals surface area contributed by atoms with E-state index in [9.17, 15) is 5.11 Å². The minimum Gasteiger partial charge on any atom is -0.388 e. The molecule has 100 valence electrons. The van der Waals surface area contributed by atoms with Crippen molar-refractivity contribution in [2.75, 3.05) is 0 Å². The third-order valence-corrected chi connectivity index (χ3v) is 3.65. The van der Waals surface area contributed by atoms with Crippen LogP contribution >= 0.6 is 23.2 Å². The highest BCUT2D eigenvalue weighted by Gasteiger charge is 2.14. The maximum absolute atomic E-state index is 10.3. The van der Waals surface area contributed by atoms with Gasteiger partial charge in [-0.05, 0) is 43.7 Å². The molecular weight excluding hydrogens is 281 g/mol. The van der Waals surface area contributed by atoms with Gasteiger partial charge >= 0.3 is 0 Å². The van der Waals surface area contributed by atoms with Crippen molar-refractivity contribution in [3.63, 3.8) is 0 Å². The second-order valence-electron chi connectivity index (χ2n) is 4.58. The molecule has 1 unspecified atom stereocenters. The summed E-state index contributed by atoms with van der Waals surface area (Å²) in [5.41, 5.74) is 3.43. The largest absolute Gasteiger partial charge is 0.388 e. The fraction of sp³-hybridized carbons (Fsp3) is 0.267. The maximum Gasteiger partial charge on any atom is 0.0848 e. The first kappa shape index (κ1) is 14.3. The van der Waals surface area contributed by atoms with Crippen LogP contribution in [0, 0.1) is 13.8 Å². The van der Waals surface area contributed by atoms with Crippen LogP contribution in [0.2, 0.25) is 10.0 Å². The van der Waals surface area contributed by atoms with Crippen molar-refractivity contribution in [2.45, 2.75) is 26.4 Å². The molecule has 0 aliphatic rings. The van der Waals surface area contributed by atoms with Crippen LogP contribution in [0.1, 0.15) is 28.6 Å². The van der Waals surface area contributed by atoms with Crippen molar-refractivity contribution >= 4 is 23.2 Å². The molecule has 0 spiro atoms. The van der Waals surface area contributed by atoms with Crippen LogP contribution < -0.4 is 0 Å². The number of aryl methyl sites for hydroxylation is 2. The normalized spacial score (nSPS) is 12.5. The Bertz CT molecular complexity index is 599. The molecule has 0 amide bonds. The third-order valence-electron chi connectivity index (χ3n) is 3.05.